The van der Waals surface area contributed by atoms with Gasteiger partial charge in [-0.25, -0.2) is 13.2 Å². The topological polar surface area (TPSA) is 101 Å². The number of anilines is 1. The summed E-state index contributed by atoms with van der Waals surface area (Å²) in [6, 6.07) is 6.23. The molecule has 0 radical (unpaired) electrons. The molecular weight excluding hydrogens is 266 g/mol. The van der Waals surface area contributed by atoms with Gasteiger partial charge in [0, 0.05) is 24.5 Å². The van der Waals surface area contributed by atoms with E-state index in [-0.39, 0.29) is 5.75 Å². The molecule has 7 heteroatoms. The van der Waals surface area contributed by atoms with Gasteiger partial charge in [-0.2, -0.15) is 0 Å². The van der Waals surface area contributed by atoms with Gasteiger partial charge in [0.15, 0.2) is 0 Å². The lowest BCUT2D eigenvalue weighted by Gasteiger charge is -2.13. The van der Waals surface area contributed by atoms with Crippen LogP contribution in [-0.2, 0) is 16.4 Å². The molecule has 0 saturated carbocycles. The van der Waals surface area contributed by atoms with Crippen LogP contribution >= 0.6 is 0 Å². The van der Waals surface area contributed by atoms with Crippen molar-refractivity contribution >= 4 is 21.6 Å². The number of nitrogens with two attached hydrogens (primary N) is 1. The molecule has 2 amide bonds. The molecule has 6 nitrogen and oxygen atoms in total. The first-order valence-corrected chi connectivity index (χ1v) is 7.90. The highest BCUT2D eigenvalue weighted by Crippen LogP contribution is 2.08. The fourth-order valence-electron chi connectivity index (χ4n) is 1.61. The minimum absolute atomic E-state index is 0.0907. The van der Waals surface area contributed by atoms with Crippen LogP contribution in [0.4, 0.5) is 10.5 Å². The number of carbonyl (C=O) groups excluding carboxylic acids is 1. The van der Waals surface area contributed by atoms with Crippen LogP contribution in [0.3, 0.4) is 0 Å². The van der Waals surface area contributed by atoms with Crippen LogP contribution in [0.2, 0.25) is 0 Å². The van der Waals surface area contributed by atoms with Crippen molar-refractivity contribution in [1.82, 2.24) is 5.32 Å². The van der Waals surface area contributed by atoms with E-state index in [9.17, 15) is 13.2 Å². The van der Waals surface area contributed by atoms with Crippen LogP contribution in [-0.4, -0.2) is 32.5 Å². The van der Waals surface area contributed by atoms with Crippen molar-refractivity contribution < 1.29 is 13.2 Å². The van der Waals surface area contributed by atoms with Crippen molar-refractivity contribution in [3.8, 4) is 0 Å². The van der Waals surface area contributed by atoms with Gasteiger partial charge in [-0.05, 0) is 24.6 Å². The average Bonchev–Trinajstić information content (AvgIpc) is 2.27. The second-order valence-corrected chi connectivity index (χ2v) is 6.68. The molecule has 0 aliphatic heterocycles. The smallest absolute Gasteiger partial charge is 0.319 e. The van der Waals surface area contributed by atoms with E-state index in [1.807, 2.05) is 12.1 Å². The van der Waals surface area contributed by atoms with E-state index in [2.05, 4.69) is 10.6 Å². The van der Waals surface area contributed by atoms with E-state index in [0.717, 1.165) is 11.8 Å². The molecule has 4 N–H and O–H groups in total. The van der Waals surface area contributed by atoms with E-state index >= 15 is 0 Å². The minimum atomic E-state index is -3.11. The molecule has 0 aliphatic rings. The molecule has 106 valence electrons. The number of hydrogen-bond donors (Lipinski definition) is 3. The Bertz CT molecular complexity index is 526. The molecule has 1 atom stereocenters. The molecule has 1 rings (SSSR count). The van der Waals surface area contributed by atoms with Gasteiger partial charge in [0.2, 0.25) is 0 Å². The van der Waals surface area contributed by atoms with E-state index in [1.54, 1.807) is 19.1 Å². The first kappa shape index (κ1) is 15.5. The summed E-state index contributed by atoms with van der Waals surface area (Å²) in [5, 5.41) is 5.18. The lowest BCUT2D eigenvalue weighted by molar-refractivity contribution is 0.250. The summed E-state index contributed by atoms with van der Waals surface area (Å²) in [4.78, 5) is 11.6. The number of rotatable bonds is 5. The summed E-state index contributed by atoms with van der Waals surface area (Å²) < 4.78 is 22.1. The lowest BCUT2D eigenvalue weighted by Crippen LogP contribution is -2.39. The largest absolute Gasteiger partial charge is 0.334 e. The predicted molar refractivity (Wildman–Crippen MR) is 75.7 cm³/mol. The average molecular weight is 285 g/mol. The zero-order valence-corrected chi connectivity index (χ0v) is 11.8. The number of hydrogen-bond acceptors (Lipinski definition) is 4. The molecule has 0 heterocycles. The first-order chi connectivity index (χ1) is 8.80. The van der Waals surface area contributed by atoms with E-state index in [1.165, 1.54) is 0 Å². The Hall–Kier alpha value is -1.60. The molecule has 0 aliphatic carbocycles. The van der Waals surface area contributed by atoms with Crippen LogP contribution in [0.15, 0.2) is 24.3 Å². The fraction of sp³-hybridized carbons (Fsp3) is 0.417. The number of urea groups is 1. The maximum Gasteiger partial charge on any atom is 0.319 e. The summed E-state index contributed by atoms with van der Waals surface area (Å²) in [6.07, 6.45) is 1.13. The fourth-order valence-corrected chi connectivity index (χ4v) is 2.60. The Morgan fingerprint density at radius 2 is 1.89 bits per heavy atom. The van der Waals surface area contributed by atoms with Crippen LogP contribution in [0.5, 0.6) is 0 Å². The second kappa shape index (κ2) is 6.53. The molecule has 0 fully saturated rings. The Morgan fingerprint density at radius 3 is 2.37 bits per heavy atom. The third-order valence-corrected chi connectivity index (χ3v) is 3.48. The van der Waals surface area contributed by atoms with Gasteiger partial charge >= 0.3 is 6.03 Å². The highest BCUT2D eigenvalue weighted by Gasteiger charge is 2.12. The maximum absolute atomic E-state index is 11.6. The third kappa shape index (κ3) is 6.21. The van der Waals surface area contributed by atoms with Crippen molar-refractivity contribution in [2.75, 3.05) is 17.3 Å². The molecule has 1 unspecified atom stereocenters. The Kier molecular flexibility index (Phi) is 5.31. The molecule has 1 aromatic rings. The van der Waals surface area contributed by atoms with E-state index < -0.39 is 21.9 Å². The van der Waals surface area contributed by atoms with Gasteiger partial charge in [-0.15, -0.1) is 0 Å². The number of sulfone groups is 1. The van der Waals surface area contributed by atoms with Crippen LogP contribution in [0.1, 0.15) is 12.5 Å². The molecule has 19 heavy (non-hydrogen) atoms. The quantitative estimate of drug-likeness (QED) is 0.741. The molecule has 0 aromatic heterocycles. The van der Waals surface area contributed by atoms with E-state index in [4.69, 9.17) is 5.73 Å². The minimum Gasteiger partial charge on any atom is -0.334 e. The normalized spacial score (nSPS) is 12.8. The molecule has 1 aromatic carbocycles. The van der Waals surface area contributed by atoms with Crippen LogP contribution in [0, 0.1) is 0 Å². The predicted octanol–water partition coefficient (Wildman–Crippen LogP) is 0.700. The van der Waals surface area contributed by atoms with Gasteiger partial charge in [0.05, 0.1) is 5.75 Å². The highest BCUT2D eigenvalue weighted by atomic mass is 32.2. The van der Waals surface area contributed by atoms with Gasteiger partial charge in [-0.3, -0.25) is 0 Å². The maximum atomic E-state index is 11.6. The second-order valence-electron chi connectivity index (χ2n) is 4.49. The standard InChI is InChI=1S/C12H19N3O3S/c1-9(8-19(2,17)18)14-12(16)15-11-5-3-10(7-13)4-6-11/h3-6,9H,7-8,13H2,1-2H3,(H2,14,15,16). The first-order valence-electron chi connectivity index (χ1n) is 5.84. The Labute approximate surface area is 113 Å². The number of amides is 2. The number of benzene rings is 1. The third-order valence-electron chi connectivity index (χ3n) is 2.38. The molecule has 0 spiro atoms. The summed E-state index contributed by atoms with van der Waals surface area (Å²) in [6.45, 7) is 2.08. The summed E-state index contributed by atoms with van der Waals surface area (Å²) in [5.74, 6) is -0.0907. The van der Waals surface area contributed by atoms with Gasteiger partial charge < -0.3 is 16.4 Å². The molecule has 0 saturated heterocycles. The molecule has 0 bridgehead atoms. The zero-order chi connectivity index (χ0) is 14.5. The van der Waals surface area contributed by atoms with E-state index in [0.29, 0.717) is 12.2 Å². The van der Waals surface area contributed by atoms with Crippen LogP contribution < -0.4 is 16.4 Å². The Balaban J connectivity index is 2.50. The van der Waals surface area contributed by atoms with Crippen molar-refractivity contribution in [1.29, 1.82) is 0 Å². The van der Waals surface area contributed by atoms with Crippen molar-refractivity contribution in [2.24, 2.45) is 5.73 Å². The summed E-state index contributed by atoms with van der Waals surface area (Å²) in [7, 11) is -3.11. The Morgan fingerprint density at radius 1 is 1.32 bits per heavy atom. The SMILES string of the molecule is CC(CS(C)(=O)=O)NC(=O)Nc1ccc(CN)cc1. The highest BCUT2D eigenvalue weighted by molar-refractivity contribution is 7.90. The van der Waals surface area contributed by atoms with Gasteiger partial charge in [-0.1, -0.05) is 12.1 Å². The summed E-state index contributed by atoms with van der Waals surface area (Å²) >= 11 is 0. The monoisotopic (exact) mass is 285 g/mol. The number of nitrogens with one attached hydrogen (secondary N) is 2. The summed E-state index contributed by atoms with van der Waals surface area (Å²) in [5.41, 5.74) is 7.06. The van der Waals surface area contributed by atoms with Crippen molar-refractivity contribution in [3.63, 3.8) is 0 Å². The molecular formula is C12H19N3O3S. The zero-order valence-electron chi connectivity index (χ0n) is 11.0. The lowest BCUT2D eigenvalue weighted by atomic mass is 10.2. The van der Waals surface area contributed by atoms with Crippen molar-refractivity contribution in [2.45, 2.75) is 19.5 Å². The van der Waals surface area contributed by atoms with Gasteiger partial charge in [0.25, 0.3) is 0 Å². The van der Waals surface area contributed by atoms with Gasteiger partial charge in [0.1, 0.15) is 9.84 Å². The van der Waals surface area contributed by atoms with Crippen LogP contribution in [0.25, 0.3) is 0 Å². The number of carbonyl (C=O) groups is 1. The van der Waals surface area contributed by atoms with Crippen molar-refractivity contribution in [3.05, 3.63) is 29.8 Å².